The summed E-state index contributed by atoms with van der Waals surface area (Å²) in [4.78, 5) is 25.5. The van der Waals surface area contributed by atoms with E-state index in [2.05, 4.69) is 17.2 Å². The third-order valence-electron chi connectivity index (χ3n) is 4.65. The average Bonchev–Trinajstić information content (AvgIpc) is 2.75. The molecular formula is C18H28N2O3. The van der Waals surface area contributed by atoms with Gasteiger partial charge in [0.1, 0.15) is 5.60 Å². The third kappa shape index (κ3) is 6.23. The standard InChI is InChI=1S/C18H28N2O3/c21-16(9-12-18(23)10-4-2-5-11-18)19-13-7-15-20-14-6-1-3-8-17(20)22/h23H,1-8,10-11,13-15H2,(H,19,21). The van der Waals surface area contributed by atoms with Gasteiger partial charge in [-0.1, -0.05) is 18.8 Å². The Morgan fingerprint density at radius 1 is 1.17 bits per heavy atom. The summed E-state index contributed by atoms with van der Waals surface area (Å²) in [5.74, 6) is 5.14. The van der Waals surface area contributed by atoms with E-state index in [0.29, 0.717) is 32.4 Å². The monoisotopic (exact) mass is 320 g/mol. The molecule has 0 spiro atoms. The maximum Gasteiger partial charge on any atom is 0.295 e. The van der Waals surface area contributed by atoms with Gasteiger partial charge in [0.15, 0.2) is 0 Å². The first kappa shape index (κ1) is 17.8. The molecule has 1 saturated carbocycles. The van der Waals surface area contributed by atoms with Gasteiger partial charge in [-0.25, -0.2) is 0 Å². The van der Waals surface area contributed by atoms with E-state index < -0.39 is 5.60 Å². The minimum Gasteiger partial charge on any atom is -0.378 e. The Labute approximate surface area is 138 Å². The van der Waals surface area contributed by atoms with Crippen LogP contribution in [-0.4, -0.2) is 47.1 Å². The van der Waals surface area contributed by atoms with Crippen LogP contribution < -0.4 is 5.32 Å². The van der Waals surface area contributed by atoms with Crippen LogP contribution in [0.3, 0.4) is 0 Å². The highest BCUT2D eigenvalue weighted by atomic mass is 16.3. The highest BCUT2D eigenvalue weighted by Crippen LogP contribution is 2.26. The Kier molecular flexibility index (Phi) is 6.91. The Morgan fingerprint density at radius 3 is 2.70 bits per heavy atom. The quantitative estimate of drug-likeness (QED) is 0.610. The molecule has 1 aliphatic carbocycles. The van der Waals surface area contributed by atoms with Crippen LogP contribution in [0.2, 0.25) is 0 Å². The van der Waals surface area contributed by atoms with Crippen molar-refractivity contribution < 1.29 is 14.7 Å². The fourth-order valence-corrected chi connectivity index (χ4v) is 3.23. The summed E-state index contributed by atoms with van der Waals surface area (Å²) in [6.45, 7) is 2.03. The zero-order valence-electron chi connectivity index (χ0n) is 13.9. The van der Waals surface area contributed by atoms with Gasteiger partial charge in [-0.3, -0.25) is 9.59 Å². The molecule has 2 aliphatic rings. The van der Waals surface area contributed by atoms with Crippen LogP contribution in [0.15, 0.2) is 0 Å². The number of nitrogens with one attached hydrogen (secondary N) is 1. The molecule has 1 saturated heterocycles. The number of amides is 2. The summed E-state index contributed by atoms with van der Waals surface area (Å²) in [6, 6.07) is 0. The Morgan fingerprint density at radius 2 is 1.91 bits per heavy atom. The van der Waals surface area contributed by atoms with Crippen molar-refractivity contribution in [2.24, 2.45) is 0 Å². The van der Waals surface area contributed by atoms with Crippen LogP contribution in [0.25, 0.3) is 0 Å². The first-order chi connectivity index (χ1) is 11.1. The first-order valence-corrected chi connectivity index (χ1v) is 8.90. The molecule has 0 radical (unpaired) electrons. The number of hydrogen-bond acceptors (Lipinski definition) is 3. The van der Waals surface area contributed by atoms with Crippen LogP contribution in [0, 0.1) is 11.8 Å². The molecular weight excluding hydrogens is 292 g/mol. The molecule has 0 atom stereocenters. The highest BCUT2D eigenvalue weighted by Gasteiger charge is 2.26. The fourth-order valence-electron chi connectivity index (χ4n) is 3.23. The lowest BCUT2D eigenvalue weighted by Gasteiger charge is -2.26. The maximum absolute atomic E-state index is 11.8. The van der Waals surface area contributed by atoms with E-state index in [1.165, 1.54) is 0 Å². The average molecular weight is 320 g/mol. The van der Waals surface area contributed by atoms with Crippen molar-refractivity contribution in [1.82, 2.24) is 10.2 Å². The summed E-state index contributed by atoms with van der Waals surface area (Å²) in [5.41, 5.74) is -0.978. The smallest absolute Gasteiger partial charge is 0.295 e. The van der Waals surface area contributed by atoms with Crippen molar-refractivity contribution in [3.8, 4) is 11.8 Å². The molecule has 0 bridgehead atoms. The van der Waals surface area contributed by atoms with E-state index >= 15 is 0 Å². The van der Waals surface area contributed by atoms with E-state index in [-0.39, 0.29) is 11.8 Å². The van der Waals surface area contributed by atoms with E-state index in [9.17, 15) is 14.7 Å². The van der Waals surface area contributed by atoms with Gasteiger partial charge in [-0.05, 0) is 50.9 Å². The van der Waals surface area contributed by atoms with Crippen LogP contribution in [0.1, 0.15) is 64.2 Å². The van der Waals surface area contributed by atoms with Gasteiger partial charge < -0.3 is 15.3 Å². The molecule has 0 aromatic carbocycles. The molecule has 0 aromatic heterocycles. The Balaban J connectivity index is 1.66. The van der Waals surface area contributed by atoms with Gasteiger partial charge in [-0.2, -0.15) is 0 Å². The van der Waals surface area contributed by atoms with E-state index in [1.807, 2.05) is 4.90 Å². The van der Waals surface area contributed by atoms with Crippen LogP contribution in [0.4, 0.5) is 0 Å². The molecule has 5 nitrogen and oxygen atoms in total. The topological polar surface area (TPSA) is 69.6 Å². The summed E-state index contributed by atoms with van der Waals surface area (Å²) >= 11 is 0. The van der Waals surface area contributed by atoms with E-state index in [1.54, 1.807) is 0 Å². The lowest BCUT2D eigenvalue weighted by Crippen LogP contribution is -2.34. The minimum atomic E-state index is -0.978. The van der Waals surface area contributed by atoms with Crippen molar-refractivity contribution in [1.29, 1.82) is 0 Å². The molecule has 1 aliphatic heterocycles. The lowest BCUT2D eigenvalue weighted by molar-refractivity contribution is -0.130. The van der Waals surface area contributed by atoms with Crippen LogP contribution in [0.5, 0.6) is 0 Å². The molecule has 5 heteroatoms. The SMILES string of the molecule is O=C(C#CC1(O)CCCCC1)NCCCN1CCCCCC1=O. The minimum absolute atomic E-state index is 0.230. The summed E-state index contributed by atoms with van der Waals surface area (Å²) in [7, 11) is 0. The molecule has 2 amide bonds. The molecule has 2 rings (SSSR count). The first-order valence-electron chi connectivity index (χ1n) is 8.90. The van der Waals surface area contributed by atoms with Crippen molar-refractivity contribution in [3.05, 3.63) is 0 Å². The summed E-state index contributed by atoms with van der Waals surface area (Å²) in [5, 5.41) is 13.0. The van der Waals surface area contributed by atoms with Gasteiger partial charge in [-0.15, -0.1) is 0 Å². The van der Waals surface area contributed by atoms with Crippen molar-refractivity contribution in [3.63, 3.8) is 0 Å². The largest absolute Gasteiger partial charge is 0.378 e. The van der Waals surface area contributed by atoms with Gasteiger partial charge in [0.25, 0.3) is 5.91 Å². The van der Waals surface area contributed by atoms with Crippen LogP contribution in [-0.2, 0) is 9.59 Å². The summed E-state index contributed by atoms with van der Waals surface area (Å²) in [6.07, 6.45) is 8.96. The second kappa shape index (κ2) is 8.93. The van der Waals surface area contributed by atoms with E-state index in [4.69, 9.17) is 0 Å². The number of hydrogen-bond donors (Lipinski definition) is 2. The van der Waals surface area contributed by atoms with Crippen molar-refractivity contribution >= 4 is 11.8 Å². The van der Waals surface area contributed by atoms with Gasteiger partial charge >= 0.3 is 0 Å². The number of aliphatic hydroxyl groups is 1. The molecule has 2 fully saturated rings. The number of nitrogens with zero attached hydrogens (tertiary/aromatic N) is 1. The van der Waals surface area contributed by atoms with Gasteiger partial charge in [0.2, 0.25) is 5.91 Å². The fraction of sp³-hybridized carbons (Fsp3) is 0.778. The predicted octanol–water partition coefficient (Wildman–Crippen LogP) is 1.59. The van der Waals surface area contributed by atoms with Gasteiger partial charge in [0, 0.05) is 26.1 Å². The lowest BCUT2D eigenvalue weighted by atomic mass is 9.85. The molecule has 23 heavy (non-hydrogen) atoms. The molecule has 2 N–H and O–H groups in total. The summed E-state index contributed by atoms with van der Waals surface area (Å²) < 4.78 is 0. The number of rotatable bonds is 4. The van der Waals surface area contributed by atoms with E-state index in [0.717, 1.165) is 51.5 Å². The predicted molar refractivity (Wildman–Crippen MR) is 88.5 cm³/mol. The molecule has 0 unspecified atom stereocenters. The second-order valence-electron chi connectivity index (χ2n) is 6.64. The van der Waals surface area contributed by atoms with Crippen molar-refractivity contribution in [2.45, 2.75) is 69.8 Å². The third-order valence-corrected chi connectivity index (χ3v) is 4.65. The number of likely N-dealkylation sites (tertiary alicyclic amines) is 1. The Bertz CT molecular complexity index is 472. The van der Waals surface area contributed by atoms with Crippen LogP contribution >= 0.6 is 0 Å². The molecule has 1 heterocycles. The zero-order valence-corrected chi connectivity index (χ0v) is 13.9. The maximum atomic E-state index is 11.8. The van der Waals surface area contributed by atoms with Gasteiger partial charge in [0.05, 0.1) is 0 Å². The molecule has 0 aromatic rings. The normalized spacial score (nSPS) is 21.1. The Hall–Kier alpha value is -1.54. The second-order valence-corrected chi connectivity index (χ2v) is 6.64. The molecule has 128 valence electrons. The number of carbonyl (C=O) groups excluding carboxylic acids is 2. The highest BCUT2D eigenvalue weighted by molar-refractivity contribution is 5.93. The zero-order chi connectivity index (χ0) is 16.5. The number of carbonyl (C=O) groups is 2. The van der Waals surface area contributed by atoms with Crippen molar-refractivity contribution in [2.75, 3.05) is 19.6 Å².